The fourth-order valence-corrected chi connectivity index (χ4v) is 12.4. The number of benzene rings is 9. The Balaban J connectivity index is 1.52. The molecule has 0 aliphatic rings. The molecule has 0 aliphatic carbocycles. The molecule has 0 radical (unpaired) electrons. The molecule has 0 spiro atoms. The lowest BCUT2D eigenvalue weighted by Crippen LogP contribution is -2.54. The third-order valence-electron chi connectivity index (χ3n) is 16.1. The first-order chi connectivity index (χ1) is 41.1. The molecule has 9 aromatic carbocycles. The molecule has 9 rings (SSSR count). The van der Waals surface area contributed by atoms with Crippen LogP contribution in [0.5, 0.6) is 0 Å². The van der Waals surface area contributed by atoms with E-state index < -0.39 is 94.2 Å². The second-order valence-corrected chi connectivity index (χ2v) is 21.7. The number of rotatable bonds is 27. The highest BCUT2D eigenvalue weighted by Crippen LogP contribution is 2.56. The third-order valence-corrected chi connectivity index (χ3v) is 16.1. The average molecular weight is 1160 g/mol. The second-order valence-electron chi connectivity index (χ2n) is 21.7. The molecule has 0 N–H and O–H groups in total. The molecule has 85 heavy (non-hydrogen) atoms. The molecule has 3 nitrogen and oxygen atoms in total. The molecule has 0 saturated heterocycles. The summed E-state index contributed by atoms with van der Waals surface area (Å²) < 4.78 is 172. The van der Waals surface area contributed by atoms with E-state index in [9.17, 15) is 0 Å². The Kier molecular flexibility index (Phi) is 20.4. The van der Waals surface area contributed by atoms with Gasteiger partial charge in [0, 0.05) is 17.8 Å². The smallest absolute Gasteiger partial charge is 0.371 e. The van der Waals surface area contributed by atoms with Crippen molar-refractivity contribution in [1.29, 1.82) is 0 Å². The summed E-state index contributed by atoms with van der Waals surface area (Å²) in [6.45, 7) is 5.82. The van der Waals surface area contributed by atoms with Crippen molar-refractivity contribution in [3.8, 4) is 0 Å². The van der Waals surface area contributed by atoms with E-state index >= 15 is 39.5 Å². The standard InChI is InChI=1S/C72H66BF9O3/c1-4-7-37-67(49-19-10-28-58(74)40-49)70(52-22-13-31-61(77)43-52,53-23-14-32-62(78)44-53)83-73(84-71(54-24-15-33-63(79)45-54,55-25-16-34-64(80)46-55)68(38-8-5-2)50-20-11-29-59(75)41-50)85-72(56-26-17-35-65(81)47-56,57-27-18-36-66(82)48-57)69(39-9-6-3)51-21-12-30-60(76)42-51/h10-36,40-48,67-69H,4-9,37-39H2,1-3H3. The van der Waals surface area contributed by atoms with Gasteiger partial charge in [-0.3, -0.25) is 0 Å². The van der Waals surface area contributed by atoms with Crippen LogP contribution in [-0.2, 0) is 30.8 Å². The van der Waals surface area contributed by atoms with Crippen molar-refractivity contribution in [2.75, 3.05) is 0 Å². The van der Waals surface area contributed by atoms with Crippen LogP contribution >= 0.6 is 0 Å². The second kappa shape index (κ2) is 28.0. The highest BCUT2D eigenvalue weighted by atomic mass is 19.2. The van der Waals surface area contributed by atoms with Crippen molar-refractivity contribution >= 4 is 7.32 Å². The fraction of sp³-hybridized carbons (Fsp3) is 0.250. The van der Waals surface area contributed by atoms with Gasteiger partial charge >= 0.3 is 7.32 Å². The van der Waals surface area contributed by atoms with E-state index in [0.717, 1.165) is 0 Å². The van der Waals surface area contributed by atoms with Gasteiger partial charge in [-0.05, 0) is 179 Å². The van der Waals surface area contributed by atoms with Gasteiger partial charge in [0.2, 0.25) is 0 Å². The normalized spacial score (nSPS) is 13.1. The van der Waals surface area contributed by atoms with Crippen LogP contribution < -0.4 is 0 Å². The minimum atomic E-state index is -2.40. The lowest BCUT2D eigenvalue weighted by Gasteiger charge is -2.50. The Labute approximate surface area is 492 Å². The van der Waals surface area contributed by atoms with Gasteiger partial charge < -0.3 is 14.0 Å². The Morgan fingerprint density at radius 2 is 0.471 bits per heavy atom. The predicted molar refractivity (Wildman–Crippen MR) is 316 cm³/mol. The van der Waals surface area contributed by atoms with E-state index in [-0.39, 0.29) is 52.6 Å². The number of unbranched alkanes of at least 4 members (excludes halogenated alkanes) is 3. The molecular weight excluding hydrogens is 1090 g/mol. The van der Waals surface area contributed by atoms with Crippen molar-refractivity contribution < 1.29 is 53.5 Å². The average Bonchev–Trinajstić information content (AvgIpc) is 1.59. The summed E-state index contributed by atoms with van der Waals surface area (Å²) in [6, 6.07) is 49.6. The summed E-state index contributed by atoms with van der Waals surface area (Å²) in [7, 11) is -2.40. The summed E-state index contributed by atoms with van der Waals surface area (Å²) in [5.41, 5.74) is -5.63. The molecule has 3 unspecified atom stereocenters. The fourth-order valence-electron chi connectivity index (χ4n) is 12.4. The molecule has 0 bridgehead atoms. The maximum Gasteiger partial charge on any atom is 0.642 e. The van der Waals surface area contributed by atoms with Gasteiger partial charge in [0.25, 0.3) is 0 Å². The first-order valence-electron chi connectivity index (χ1n) is 29.0. The van der Waals surface area contributed by atoms with E-state index in [1.165, 1.54) is 164 Å². The lowest BCUT2D eigenvalue weighted by atomic mass is 9.68. The summed E-state index contributed by atoms with van der Waals surface area (Å²) in [6.07, 6.45) is 3.39. The van der Waals surface area contributed by atoms with Crippen LogP contribution in [0.1, 0.15) is 146 Å². The minimum absolute atomic E-state index is 0.0465. The zero-order valence-corrected chi connectivity index (χ0v) is 47.6. The van der Waals surface area contributed by atoms with Crippen LogP contribution in [0, 0.1) is 52.4 Å². The highest BCUT2D eigenvalue weighted by molar-refractivity contribution is 6.37. The van der Waals surface area contributed by atoms with Crippen LogP contribution in [0.4, 0.5) is 39.5 Å². The Morgan fingerprint density at radius 3 is 0.647 bits per heavy atom. The first kappa shape index (κ1) is 61.8. The zero-order chi connectivity index (χ0) is 60.1. The molecule has 0 saturated carbocycles. The zero-order valence-electron chi connectivity index (χ0n) is 47.6. The van der Waals surface area contributed by atoms with Gasteiger partial charge in [-0.15, -0.1) is 0 Å². The van der Waals surface area contributed by atoms with Gasteiger partial charge in [0.15, 0.2) is 0 Å². The molecule has 13 heteroatoms. The van der Waals surface area contributed by atoms with Crippen LogP contribution in [0.3, 0.4) is 0 Å². The van der Waals surface area contributed by atoms with Crippen LogP contribution in [-0.4, -0.2) is 7.32 Å². The Hall–Kier alpha value is -7.71. The largest absolute Gasteiger partial charge is 0.642 e. The van der Waals surface area contributed by atoms with Gasteiger partial charge in [-0.1, -0.05) is 168 Å². The first-order valence-corrected chi connectivity index (χ1v) is 29.0. The topological polar surface area (TPSA) is 27.7 Å². The Morgan fingerprint density at radius 1 is 0.282 bits per heavy atom. The van der Waals surface area contributed by atoms with E-state index in [2.05, 4.69) is 0 Å². The van der Waals surface area contributed by atoms with Gasteiger partial charge in [0.1, 0.15) is 69.2 Å². The minimum Gasteiger partial charge on any atom is -0.371 e. The summed E-state index contributed by atoms with van der Waals surface area (Å²) >= 11 is 0. The van der Waals surface area contributed by atoms with Gasteiger partial charge in [-0.2, -0.15) is 0 Å². The molecule has 3 atom stereocenters. The monoisotopic (exact) mass is 1160 g/mol. The molecule has 9 aromatic rings. The predicted octanol–water partition coefficient (Wildman–Crippen LogP) is 20.0. The van der Waals surface area contributed by atoms with E-state index in [4.69, 9.17) is 14.0 Å². The van der Waals surface area contributed by atoms with Crippen LogP contribution in [0.15, 0.2) is 218 Å². The highest BCUT2D eigenvalue weighted by Gasteiger charge is 2.58. The van der Waals surface area contributed by atoms with Crippen molar-refractivity contribution in [1.82, 2.24) is 0 Å². The molecular formula is C72H66BF9O3. The maximum atomic E-state index is 16.6. The summed E-state index contributed by atoms with van der Waals surface area (Å²) in [4.78, 5) is 0. The van der Waals surface area contributed by atoms with Crippen LogP contribution in [0.25, 0.3) is 0 Å². The Bertz CT molecular complexity index is 3160. The number of hydrogen-bond donors (Lipinski definition) is 0. The lowest BCUT2D eigenvalue weighted by molar-refractivity contribution is -0.0895. The molecule has 0 heterocycles. The van der Waals surface area contributed by atoms with E-state index in [1.54, 1.807) is 54.6 Å². The number of halogens is 9. The van der Waals surface area contributed by atoms with Crippen molar-refractivity contribution in [3.05, 3.63) is 321 Å². The number of hydrogen-bond acceptors (Lipinski definition) is 3. The third kappa shape index (κ3) is 13.7. The SMILES string of the molecule is CCCCC(c1cccc(F)c1)C(OB(OC(c1cccc(F)c1)(c1cccc(F)c1)C(CCCC)c1cccc(F)c1)OC(c1cccc(F)c1)(c1cccc(F)c1)C(CCCC)c1cccc(F)c1)(c1cccc(F)c1)c1cccc(F)c1. The van der Waals surface area contributed by atoms with Crippen molar-refractivity contribution in [2.45, 2.75) is 113 Å². The summed E-state index contributed by atoms with van der Waals surface area (Å²) in [5, 5.41) is 0. The van der Waals surface area contributed by atoms with E-state index in [0.29, 0.717) is 55.2 Å². The van der Waals surface area contributed by atoms with Crippen LogP contribution in [0.2, 0.25) is 0 Å². The van der Waals surface area contributed by atoms with Crippen molar-refractivity contribution in [3.63, 3.8) is 0 Å². The molecule has 0 fully saturated rings. The van der Waals surface area contributed by atoms with Crippen molar-refractivity contribution in [2.24, 2.45) is 0 Å². The van der Waals surface area contributed by atoms with Gasteiger partial charge in [0.05, 0.1) is 0 Å². The maximum absolute atomic E-state index is 16.6. The van der Waals surface area contributed by atoms with E-state index in [1.807, 2.05) is 20.8 Å². The quantitative estimate of drug-likeness (QED) is 0.0379. The molecule has 0 amide bonds. The van der Waals surface area contributed by atoms with Gasteiger partial charge in [-0.25, -0.2) is 39.5 Å². The molecule has 0 aliphatic heterocycles. The molecule has 438 valence electrons. The summed E-state index contributed by atoms with van der Waals surface area (Å²) in [5.74, 6) is -9.87. The molecule has 0 aromatic heterocycles.